The fourth-order valence-electron chi connectivity index (χ4n) is 1.89. The molecule has 0 aromatic heterocycles. The highest BCUT2D eigenvalue weighted by Crippen LogP contribution is 2.31. The van der Waals surface area contributed by atoms with Crippen molar-refractivity contribution in [2.45, 2.75) is 13.8 Å². The Kier molecular flexibility index (Phi) is 3.09. The zero-order valence-electron chi connectivity index (χ0n) is 10.0. The van der Waals surface area contributed by atoms with Crippen molar-refractivity contribution in [2.75, 3.05) is 6.61 Å². The van der Waals surface area contributed by atoms with E-state index in [0.29, 0.717) is 6.61 Å². The van der Waals surface area contributed by atoms with E-state index in [4.69, 9.17) is 4.74 Å². The van der Waals surface area contributed by atoms with E-state index in [1.54, 1.807) is 19.2 Å². The first kappa shape index (κ1) is 11.6. The largest absolute Gasteiger partial charge is 0.465 e. The van der Waals surface area contributed by atoms with Crippen LogP contribution in [0, 0.1) is 5.41 Å². The standard InChI is InChI=1S/C14H15NO2/c1-3-17-13(16)14(2)9-10-15-12(14)11-7-5-4-6-8-11/h4-10H,3H2,1-2H3. The normalized spacial score (nSPS) is 22.4. The third kappa shape index (κ3) is 2.00. The summed E-state index contributed by atoms with van der Waals surface area (Å²) in [4.78, 5) is 16.3. The van der Waals surface area contributed by atoms with Gasteiger partial charge in [-0.05, 0) is 25.5 Å². The van der Waals surface area contributed by atoms with Gasteiger partial charge in [-0.25, -0.2) is 0 Å². The average Bonchev–Trinajstić information content (AvgIpc) is 2.74. The van der Waals surface area contributed by atoms with Crippen molar-refractivity contribution in [3.63, 3.8) is 0 Å². The van der Waals surface area contributed by atoms with Crippen LogP contribution in [0.2, 0.25) is 0 Å². The fraction of sp³-hybridized carbons (Fsp3) is 0.286. The Morgan fingerprint density at radius 1 is 1.35 bits per heavy atom. The number of carbonyl (C=O) groups is 1. The topological polar surface area (TPSA) is 38.7 Å². The molecular formula is C14H15NO2. The molecule has 0 saturated heterocycles. The number of esters is 1. The number of rotatable bonds is 3. The van der Waals surface area contributed by atoms with Crippen molar-refractivity contribution < 1.29 is 9.53 Å². The van der Waals surface area contributed by atoms with Crippen LogP contribution in [-0.2, 0) is 9.53 Å². The van der Waals surface area contributed by atoms with Gasteiger partial charge in [0.15, 0.2) is 0 Å². The Hall–Kier alpha value is -1.90. The summed E-state index contributed by atoms with van der Waals surface area (Å²) in [6.07, 6.45) is 3.45. The molecule has 0 N–H and O–H groups in total. The number of hydrogen-bond acceptors (Lipinski definition) is 3. The summed E-state index contributed by atoms with van der Waals surface area (Å²) in [5, 5.41) is 0. The maximum atomic E-state index is 12.0. The molecule has 0 fully saturated rings. The second-order valence-electron chi connectivity index (χ2n) is 4.08. The second kappa shape index (κ2) is 4.53. The molecule has 1 aromatic carbocycles. The first-order chi connectivity index (χ1) is 8.18. The predicted molar refractivity (Wildman–Crippen MR) is 66.9 cm³/mol. The average molecular weight is 229 g/mol. The van der Waals surface area contributed by atoms with Crippen molar-refractivity contribution in [3.8, 4) is 0 Å². The van der Waals surface area contributed by atoms with Crippen LogP contribution in [0.4, 0.5) is 0 Å². The Bertz CT molecular complexity index is 476. The van der Waals surface area contributed by atoms with Gasteiger partial charge >= 0.3 is 5.97 Å². The van der Waals surface area contributed by atoms with Crippen molar-refractivity contribution in [2.24, 2.45) is 10.4 Å². The van der Waals surface area contributed by atoms with Gasteiger partial charge in [-0.1, -0.05) is 30.3 Å². The minimum absolute atomic E-state index is 0.253. The first-order valence-corrected chi connectivity index (χ1v) is 5.67. The van der Waals surface area contributed by atoms with Crippen molar-refractivity contribution in [1.29, 1.82) is 0 Å². The van der Waals surface area contributed by atoms with E-state index in [0.717, 1.165) is 11.3 Å². The van der Waals surface area contributed by atoms with E-state index >= 15 is 0 Å². The summed E-state index contributed by atoms with van der Waals surface area (Å²) in [6.45, 7) is 4.02. The Morgan fingerprint density at radius 2 is 2.06 bits per heavy atom. The molecule has 0 spiro atoms. The monoisotopic (exact) mass is 229 g/mol. The quantitative estimate of drug-likeness (QED) is 0.747. The van der Waals surface area contributed by atoms with Crippen molar-refractivity contribution >= 4 is 11.7 Å². The van der Waals surface area contributed by atoms with E-state index < -0.39 is 5.41 Å². The van der Waals surface area contributed by atoms with Crippen molar-refractivity contribution in [3.05, 3.63) is 48.2 Å². The van der Waals surface area contributed by atoms with E-state index in [2.05, 4.69) is 4.99 Å². The highest BCUT2D eigenvalue weighted by Gasteiger charge is 2.40. The van der Waals surface area contributed by atoms with Gasteiger partial charge in [0.05, 0.1) is 12.3 Å². The molecule has 0 amide bonds. The maximum Gasteiger partial charge on any atom is 0.321 e. The number of benzene rings is 1. The molecule has 3 heteroatoms. The van der Waals surface area contributed by atoms with Crippen LogP contribution in [0.3, 0.4) is 0 Å². The summed E-state index contributed by atoms with van der Waals surface area (Å²) in [5.74, 6) is -0.253. The Balaban J connectivity index is 2.34. The molecule has 1 aliphatic rings. The summed E-state index contributed by atoms with van der Waals surface area (Å²) in [7, 11) is 0. The van der Waals surface area contributed by atoms with Crippen LogP contribution in [0.5, 0.6) is 0 Å². The lowest BCUT2D eigenvalue weighted by Crippen LogP contribution is -2.35. The molecule has 17 heavy (non-hydrogen) atoms. The van der Waals surface area contributed by atoms with E-state index in [-0.39, 0.29) is 5.97 Å². The molecule has 0 aliphatic carbocycles. The van der Waals surface area contributed by atoms with Crippen molar-refractivity contribution in [1.82, 2.24) is 0 Å². The summed E-state index contributed by atoms with van der Waals surface area (Å²) in [5.41, 5.74) is 0.932. The lowest BCUT2D eigenvalue weighted by atomic mass is 9.83. The smallest absolute Gasteiger partial charge is 0.321 e. The van der Waals surface area contributed by atoms with Gasteiger partial charge in [0, 0.05) is 6.20 Å². The number of aliphatic imine (C=N–C) groups is 1. The van der Waals surface area contributed by atoms with Gasteiger partial charge < -0.3 is 4.74 Å². The molecule has 1 heterocycles. The van der Waals surface area contributed by atoms with Crippen LogP contribution in [0.15, 0.2) is 47.6 Å². The molecule has 1 unspecified atom stereocenters. The third-order valence-corrected chi connectivity index (χ3v) is 2.85. The molecule has 1 aliphatic heterocycles. The minimum Gasteiger partial charge on any atom is -0.465 e. The van der Waals surface area contributed by atoms with Gasteiger partial charge in [-0.15, -0.1) is 0 Å². The summed E-state index contributed by atoms with van der Waals surface area (Å²) < 4.78 is 5.11. The molecule has 3 nitrogen and oxygen atoms in total. The minimum atomic E-state index is -0.767. The van der Waals surface area contributed by atoms with Gasteiger partial charge in [-0.3, -0.25) is 9.79 Å². The fourth-order valence-corrected chi connectivity index (χ4v) is 1.89. The zero-order valence-corrected chi connectivity index (χ0v) is 10.0. The lowest BCUT2D eigenvalue weighted by Gasteiger charge is -2.22. The van der Waals surface area contributed by atoms with Crippen LogP contribution >= 0.6 is 0 Å². The van der Waals surface area contributed by atoms with Crippen LogP contribution < -0.4 is 0 Å². The van der Waals surface area contributed by atoms with Crippen LogP contribution in [0.1, 0.15) is 19.4 Å². The second-order valence-corrected chi connectivity index (χ2v) is 4.08. The van der Waals surface area contributed by atoms with Gasteiger partial charge in [-0.2, -0.15) is 0 Å². The summed E-state index contributed by atoms with van der Waals surface area (Å²) in [6, 6.07) is 9.70. The maximum absolute atomic E-state index is 12.0. The van der Waals surface area contributed by atoms with Gasteiger partial charge in [0.1, 0.15) is 5.41 Å². The first-order valence-electron chi connectivity index (χ1n) is 5.67. The molecule has 1 aromatic rings. The molecule has 0 radical (unpaired) electrons. The lowest BCUT2D eigenvalue weighted by molar-refractivity contribution is -0.148. The zero-order chi connectivity index (χ0) is 12.3. The van der Waals surface area contributed by atoms with Gasteiger partial charge in [0.25, 0.3) is 0 Å². The van der Waals surface area contributed by atoms with Gasteiger partial charge in [0.2, 0.25) is 0 Å². The highest BCUT2D eigenvalue weighted by molar-refractivity contribution is 6.18. The Labute approximate surface area is 101 Å². The van der Waals surface area contributed by atoms with E-state index in [1.807, 2.05) is 37.3 Å². The Morgan fingerprint density at radius 3 is 2.71 bits per heavy atom. The summed E-state index contributed by atoms with van der Waals surface area (Å²) >= 11 is 0. The van der Waals surface area contributed by atoms with Crippen LogP contribution in [0.25, 0.3) is 0 Å². The molecule has 88 valence electrons. The van der Waals surface area contributed by atoms with E-state index in [9.17, 15) is 4.79 Å². The SMILES string of the molecule is CCOC(=O)C1(C)C=CN=C1c1ccccc1. The van der Waals surface area contributed by atoms with Crippen LogP contribution in [-0.4, -0.2) is 18.3 Å². The molecular weight excluding hydrogens is 214 g/mol. The predicted octanol–water partition coefficient (Wildman–Crippen LogP) is 2.57. The van der Waals surface area contributed by atoms with E-state index in [1.165, 1.54) is 0 Å². The number of nitrogens with zero attached hydrogens (tertiary/aromatic N) is 1. The third-order valence-electron chi connectivity index (χ3n) is 2.85. The molecule has 2 rings (SSSR count). The number of carbonyl (C=O) groups excluding carboxylic acids is 1. The number of hydrogen-bond donors (Lipinski definition) is 0. The highest BCUT2D eigenvalue weighted by atomic mass is 16.5. The number of ether oxygens (including phenoxy) is 1. The molecule has 1 atom stereocenters. The molecule has 0 saturated carbocycles. The molecule has 0 bridgehead atoms.